The van der Waals surface area contributed by atoms with Crippen LogP contribution in [0.25, 0.3) is 0 Å². The molecule has 0 fully saturated rings. The van der Waals surface area contributed by atoms with Crippen LogP contribution in [0.3, 0.4) is 0 Å². The van der Waals surface area contributed by atoms with Crippen molar-refractivity contribution in [2.75, 3.05) is 23.9 Å². The van der Waals surface area contributed by atoms with Gasteiger partial charge in [-0.25, -0.2) is 9.37 Å². The van der Waals surface area contributed by atoms with Gasteiger partial charge in [-0.3, -0.25) is 9.00 Å². The Hall–Kier alpha value is -1.50. The predicted octanol–water partition coefficient (Wildman–Crippen LogP) is 1.93. The molecule has 0 bridgehead atoms. The van der Waals surface area contributed by atoms with E-state index < -0.39 is 16.6 Å². The average molecular weight is 315 g/mol. The Morgan fingerprint density at radius 2 is 2.24 bits per heavy atom. The molecule has 0 aliphatic carbocycles. The van der Waals surface area contributed by atoms with Crippen LogP contribution in [0.15, 0.2) is 12.3 Å². The highest BCUT2D eigenvalue weighted by atomic mass is 32.2. The lowest BCUT2D eigenvalue weighted by Crippen LogP contribution is -2.34. The van der Waals surface area contributed by atoms with Crippen molar-refractivity contribution >= 4 is 22.5 Å². The first kappa shape index (κ1) is 17.6. The van der Waals surface area contributed by atoms with Crippen LogP contribution in [0, 0.1) is 5.82 Å². The van der Waals surface area contributed by atoms with Crippen LogP contribution < -0.4 is 10.6 Å². The topological polar surface area (TPSA) is 71.1 Å². The van der Waals surface area contributed by atoms with Gasteiger partial charge >= 0.3 is 0 Å². The maximum atomic E-state index is 13.3. The monoisotopic (exact) mass is 315 g/mol. The number of nitrogens with zero attached hydrogens (tertiary/aromatic N) is 1. The third kappa shape index (κ3) is 6.20. The third-order valence-electron chi connectivity index (χ3n) is 2.86. The van der Waals surface area contributed by atoms with Crippen molar-refractivity contribution in [2.45, 2.75) is 32.7 Å². The highest BCUT2D eigenvalue weighted by Crippen LogP contribution is 2.14. The first-order chi connectivity index (χ1) is 9.93. The van der Waals surface area contributed by atoms with Crippen LogP contribution in [0.4, 0.5) is 10.2 Å². The first-order valence-electron chi connectivity index (χ1n) is 6.94. The van der Waals surface area contributed by atoms with Gasteiger partial charge in [0.25, 0.3) is 5.91 Å². The zero-order chi connectivity index (χ0) is 15.8. The molecule has 0 aromatic carbocycles. The fourth-order valence-electron chi connectivity index (χ4n) is 1.71. The number of halogens is 1. The Bertz CT molecular complexity index is 511. The molecule has 21 heavy (non-hydrogen) atoms. The van der Waals surface area contributed by atoms with Crippen molar-refractivity contribution in [3.05, 3.63) is 23.6 Å². The first-order valence-corrected chi connectivity index (χ1v) is 8.67. The van der Waals surface area contributed by atoms with Crippen LogP contribution >= 0.6 is 0 Å². The van der Waals surface area contributed by atoms with Crippen LogP contribution in [-0.2, 0) is 10.8 Å². The van der Waals surface area contributed by atoms with Crippen molar-refractivity contribution in [2.24, 2.45) is 0 Å². The predicted molar refractivity (Wildman–Crippen MR) is 83.5 cm³/mol. The normalized spacial score (nSPS) is 13.5. The molecule has 0 spiro atoms. The van der Waals surface area contributed by atoms with Gasteiger partial charge in [0.2, 0.25) is 0 Å². The van der Waals surface area contributed by atoms with E-state index in [-0.39, 0.29) is 17.5 Å². The minimum atomic E-state index is -0.894. The number of carbonyl (C=O) groups excluding carboxylic acids is 1. The number of pyridine rings is 1. The molecule has 0 saturated heterocycles. The van der Waals surface area contributed by atoms with Gasteiger partial charge in [0.1, 0.15) is 11.6 Å². The summed E-state index contributed by atoms with van der Waals surface area (Å²) in [4.78, 5) is 16.1. The van der Waals surface area contributed by atoms with Gasteiger partial charge in [-0.05, 0) is 25.8 Å². The van der Waals surface area contributed by atoms with Gasteiger partial charge in [0.15, 0.2) is 0 Å². The molecule has 2 atom stereocenters. The number of anilines is 1. The standard InChI is InChI=1S/C14H22FN3O2S/c1-4-6-16-13-12(8-11(15)9-17-13)14(19)18-10(2)5-7-21(3)20/h8-10H,4-7H2,1-3H3,(H,16,17)(H,18,19). The van der Waals surface area contributed by atoms with E-state index in [1.807, 2.05) is 13.8 Å². The quantitative estimate of drug-likeness (QED) is 0.769. The molecule has 5 nitrogen and oxygen atoms in total. The van der Waals surface area contributed by atoms with Gasteiger partial charge in [-0.15, -0.1) is 0 Å². The molecule has 1 heterocycles. The zero-order valence-electron chi connectivity index (χ0n) is 12.6. The molecule has 118 valence electrons. The molecule has 0 aliphatic heterocycles. The van der Waals surface area contributed by atoms with Crippen molar-refractivity contribution in [3.8, 4) is 0 Å². The SMILES string of the molecule is CCCNc1ncc(F)cc1C(=O)NC(C)CCS(C)=O. The van der Waals surface area contributed by atoms with E-state index in [1.165, 1.54) is 6.07 Å². The summed E-state index contributed by atoms with van der Waals surface area (Å²) in [7, 11) is -0.894. The molecule has 1 amide bonds. The Morgan fingerprint density at radius 3 is 2.86 bits per heavy atom. The second kappa shape index (κ2) is 8.71. The van der Waals surface area contributed by atoms with Gasteiger partial charge in [-0.2, -0.15) is 0 Å². The molecule has 7 heteroatoms. The van der Waals surface area contributed by atoms with Crippen LogP contribution in [0.1, 0.15) is 37.0 Å². The lowest BCUT2D eigenvalue weighted by molar-refractivity contribution is 0.0939. The lowest BCUT2D eigenvalue weighted by Gasteiger charge is -2.15. The molecule has 2 N–H and O–H groups in total. The fraction of sp³-hybridized carbons (Fsp3) is 0.571. The van der Waals surface area contributed by atoms with E-state index in [1.54, 1.807) is 6.26 Å². The number of hydrogen-bond donors (Lipinski definition) is 2. The van der Waals surface area contributed by atoms with Crippen molar-refractivity contribution in [1.29, 1.82) is 0 Å². The number of aromatic nitrogens is 1. The van der Waals surface area contributed by atoms with E-state index in [4.69, 9.17) is 0 Å². The van der Waals surface area contributed by atoms with Crippen LogP contribution in [-0.4, -0.2) is 39.7 Å². The number of carbonyl (C=O) groups is 1. The fourth-order valence-corrected chi connectivity index (χ4v) is 2.40. The Labute approximate surface area is 127 Å². The number of nitrogens with one attached hydrogen (secondary N) is 2. The molecule has 0 saturated carbocycles. The second-order valence-electron chi connectivity index (χ2n) is 4.92. The summed E-state index contributed by atoms with van der Waals surface area (Å²) in [6.07, 6.45) is 4.18. The van der Waals surface area contributed by atoms with Crippen molar-refractivity contribution in [3.63, 3.8) is 0 Å². The summed E-state index contributed by atoms with van der Waals surface area (Å²) in [5, 5.41) is 5.78. The Kier molecular flexibility index (Phi) is 7.28. The molecular weight excluding hydrogens is 293 g/mol. The maximum Gasteiger partial charge on any atom is 0.255 e. The molecule has 0 aliphatic rings. The summed E-state index contributed by atoms with van der Waals surface area (Å²) in [5.41, 5.74) is 0.188. The summed E-state index contributed by atoms with van der Waals surface area (Å²) in [6.45, 7) is 4.48. The summed E-state index contributed by atoms with van der Waals surface area (Å²) in [6, 6.07) is 1.04. The highest BCUT2D eigenvalue weighted by Gasteiger charge is 2.16. The molecule has 2 unspecified atom stereocenters. The van der Waals surface area contributed by atoms with Gasteiger partial charge < -0.3 is 10.6 Å². The molecule has 1 aromatic heterocycles. The second-order valence-corrected chi connectivity index (χ2v) is 6.47. The lowest BCUT2D eigenvalue weighted by atomic mass is 10.2. The number of hydrogen-bond acceptors (Lipinski definition) is 4. The van der Waals surface area contributed by atoms with Crippen molar-refractivity contribution in [1.82, 2.24) is 10.3 Å². The highest BCUT2D eigenvalue weighted by molar-refractivity contribution is 7.84. The minimum absolute atomic E-state index is 0.135. The smallest absolute Gasteiger partial charge is 0.255 e. The van der Waals surface area contributed by atoms with Crippen molar-refractivity contribution < 1.29 is 13.4 Å². The number of amides is 1. The van der Waals surface area contributed by atoms with E-state index >= 15 is 0 Å². The molecule has 0 radical (unpaired) electrons. The van der Waals surface area contributed by atoms with E-state index in [0.29, 0.717) is 24.5 Å². The zero-order valence-corrected chi connectivity index (χ0v) is 13.4. The van der Waals surface area contributed by atoms with Gasteiger partial charge in [-0.1, -0.05) is 6.92 Å². The molecular formula is C14H22FN3O2S. The van der Waals surface area contributed by atoms with Crippen LogP contribution in [0.5, 0.6) is 0 Å². The van der Waals surface area contributed by atoms with Gasteiger partial charge in [0, 0.05) is 35.4 Å². The van der Waals surface area contributed by atoms with E-state index in [2.05, 4.69) is 15.6 Å². The third-order valence-corrected chi connectivity index (χ3v) is 3.67. The molecule has 1 rings (SSSR count). The molecule has 1 aromatic rings. The van der Waals surface area contributed by atoms with Crippen LogP contribution in [0.2, 0.25) is 0 Å². The summed E-state index contributed by atoms with van der Waals surface area (Å²) in [5.74, 6) is -0.0365. The average Bonchev–Trinajstić information content (AvgIpc) is 2.43. The minimum Gasteiger partial charge on any atom is -0.369 e. The largest absolute Gasteiger partial charge is 0.369 e. The van der Waals surface area contributed by atoms with E-state index in [0.717, 1.165) is 12.6 Å². The maximum absolute atomic E-state index is 13.3. The van der Waals surface area contributed by atoms with Gasteiger partial charge in [0.05, 0.1) is 11.8 Å². The Morgan fingerprint density at radius 1 is 1.52 bits per heavy atom. The van der Waals surface area contributed by atoms with E-state index in [9.17, 15) is 13.4 Å². The Balaban J connectivity index is 2.75. The summed E-state index contributed by atoms with van der Waals surface area (Å²) >= 11 is 0. The summed E-state index contributed by atoms with van der Waals surface area (Å²) < 4.78 is 24.4. The number of rotatable bonds is 8.